The molecule has 1 fully saturated rings. The van der Waals surface area contributed by atoms with Crippen LogP contribution in [-0.2, 0) is 21.4 Å². The third kappa shape index (κ3) is 5.49. The van der Waals surface area contributed by atoms with E-state index in [2.05, 4.69) is 10.3 Å². The lowest BCUT2D eigenvalue weighted by Gasteiger charge is -2.25. The topological polar surface area (TPSA) is 88.6 Å². The van der Waals surface area contributed by atoms with Crippen LogP contribution < -0.4 is 10.1 Å². The van der Waals surface area contributed by atoms with Gasteiger partial charge in [-0.1, -0.05) is 18.2 Å². The van der Waals surface area contributed by atoms with Crippen molar-refractivity contribution in [3.63, 3.8) is 0 Å². The van der Waals surface area contributed by atoms with Crippen LogP contribution in [0.25, 0.3) is 0 Å². The highest BCUT2D eigenvalue weighted by molar-refractivity contribution is 7.89. The Labute approximate surface area is 163 Å². The molecule has 0 bridgehead atoms. The number of nitrogens with zero attached hydrogens (tertiary/aromatic N) is 2. The van der Waals surface area contributed by atoms with Gasteiger partial charge in [0, 0.05) is 37.9 Å². The predicted molar refractivity (Wildman–Crippen MR) is 101 cm³/mol. The second kappa shape index (κ2) is 9.11. The molecule has 9 heteroatoms. The Kier molecular flexibility index (Phi) is 6.58. The summed E-state index contributed by atoms with van der Waals surface area (Å²) in [6.45, 7) is 0.134. The van der Waals surface area contributed by atoms with Gasteiger partial charge < -0.3 is 10.1 Å². The summed E-state index contributed by atoms with van der Waals surface area (Å²) in [5, 5.41) is 2.79. The number of carbonyl (C=O) groups excluding carboxylic acids is 1. The van der Waals surface area contributed by atoms with Crippen molar-refractivity contribution in [2.75, 3.05) is 18.9 Å². The van der Waals surface area contributed by atoms with Gasteiger partial charge in [0.05, 0.1) is 5.75 Å². The van der Waals surface area contributed by atoms with Crippen LogP contribution in [0.15, 0.2) is 48.8 Å². The van der Waals surface area contributed by atoms with Crippen molar-refractivity contribution in [1.82, 2.24) is 14.6 Å². The molecule has 2 aromatic rings. The zero-order valence-electron chi connectivity index (χ0n) is 15.3. The first-order valence-electron chi connectivity index (χ1n) is 8.97. The molecule has 0 radical (unpaired) electrons. The lowest BCUT2D eigenvalue weighted by Crippen LogP contribution is -2.43. The van der Waals surface area contributed by atoms with Crippen LogP contribution in [-0.4, -0.2) is 48.6 Å². The van der Waals surface area contributed by atoms with E-state index in [0.717, 1.165) is 5.56 Å². The van der Waals surface area contributed by atoms with Crippen LogP contribution >= 0.6 is 0 Å². The Morgan fingerprint density at radius 3 is 2.75 bits per heavy atom. The molecular weight excluding hydrogens is 385 g/mol. The average Bonchev–Trinajstić information content (AvgIpc) is 3.08. The number of hydrogen-bond donors (Lipinski definition) is 1. The number of halogens is 1. The number of carbonyl (C=O) groups is 1. The summed E-state index contributed by atoms with van der Waals surface area (Å²) < 4.78 is 46.0. The largest absolute Gasteiger partial charge is 0.489 e. The molecule has 0 aliphatic carbocycles. The molecule has 1 aromatic heterocycles. The van der Waals surface area contributed by atoms with E-state index >= 15 is 0 Å². The zero-order valence-corrected chi connectivity index (χ0v) is 16.1. The van der Waals surface area contributed by atoms with Crippen molar-refractivity contribution in [2.24, 2.45) is 0 Å². The molecule has 7 nitrogen and oxygen atoms in total. The minimum Gasteiger partial charge on any atom is -0.489 e. The smallest absolute Gasteiger partial charge is 0.220 e. The molecule has 1 N–H and O–H groups in total. The number of benzene rings is 1. The number of sulfonamides is 1. The molecule has 1 saturated heterocycles. The maximum absolute atomic E-state index is 13.6. The van der Waals surface area contributed by atoms with Crippen molar-refractivity contribution in [3.05, 3.63) is 60.2 Å². The van der Waals surface area contributed by atoms with Gasteiger partial charge in [-0.05, 0) is 30.2 Å². The molecule has 1 aliphatic heterocycles. The number of hydrogen-bond acceptors (Lipinski definition) is 5. The fraction of sp³-hybridized carbons (Fsp3) is 0.368. The number of para-hydroxylation sites is 1. The summed E-state index contributed by atoms with van der Waals surface area (Å²) in [6.07, 6.45) is 4.19. The van der Waals surface area contributed by atoms with Gasteiger partial charge in [0.2, 0.25) is 15.9 Å². The first-order chi connectivity index (χ1) is 13.4. The Balaban J connectivity index is 1.67. The SMILES string of the molecule is O=C1CC[C@@H](CN(Cc2cccnc2)S(=O)(=O)CCOc2ccccc2F)N1. The van der Waals surface area contributed by atoms with E-state index in [1.807, 2.05) is 0 Å². The van der Waals surface area contributed by atoms with Crippen molar-refractivity contribution in [3.8, 4) is 5.75 Å². The molecule has 1 aliphatic rings. The van der Waals surface area contributed by atoms with E-state index in [9.17, 15) is 17.6 Å². The van der Waals surface area contributed by atoms with Gasteiger partial charge in [0.1, 0.15) is 6.61 Å². The first kappa shape index (κ1) is 20.2. The Hall–Kier alpha value is -2.52. The van der Waals surface area contributed by atoms with E-state index in [0.29, 0.717) is 12.8 Å². The maximum Gasteiger partial charge on any atom is 0.220 e. The molecule has 1 atom stereocenters. The summed E-state index contributed by atoms with van der Waals surface area (Å²) in [5.74, 6) is -0.908. The number of nitrogens with one attached hydrogen (secondary N) is 1. The maximum atomic E-state index is 13.6. The first-order valence-corrected chi connectivity index (χ1v) is 10.6. The van der Waals surface area contributed by atoms with E-state index in [-0.39, 0.29) is 43.1 Å². The fourth-order valence-corrected chi connectivity index (χ4v) is 4.28. The van der Waals surface area contributed by atoms with Crippen molar-refractivity contribution < 1.29 is 22.3 Å². The molecule has 28 heavy (non-hydrogen) atoms. The Morgan fingerprint density at radius 2 is 2.07 bits per heavy atom. The average molecular weight is 407 g/mol. The summed E-state index contributed by atoms with van der Waals surface area (Å²) in [5.41, 5.74) is 0.741. The summed E-state index contributed by atoms with van der Waals surface area (Å²) >= 11 is 0. The molecule has 3 rings (SSSR count). The van der Waals surface area contributed by atoms with Crippen LogP contribution in [0.2, 0.25) is 0 Å². The molecule has 0 saturated carbocycles. The molecule has 0 spiro atoms. The minimum absolute atomic E-state index is 0.0135. The third-order valence-electron chi connectivity index (χ3n) is 4.42. The number of amides is 1. The molecule has 0 unspecified atom stereocenters. The molecular formula is C19H22FN3O4S. The second-order valence-electron chi connectivity index (χ2n) is 6.55. The number of ether oxygens (including phenoxy) is 1. The molecule has 2 heterocycles. The molecule has 150 valence electrons. The van der Waals surface area contributed by atoms with Crippen LogP contribution in [0.1, 0.15) is 18.4 Å². The van der Waals surface area contributed by atoms with Crippen LogP contribution in [0.5, 0.6) is 5.75 Å². The number of pyridine rings is 1. The van der Waals surface area contributed by atoms with Gasteiger partial charge >= 0.3 is 0 Å². The highest BCUT2D eigenvalue weighted by Crippen LogP contribution is 2.17. The monoisotopic (exact) mass is 407 g/mol. The van der Waals surface area contributed by atoms with Crippen LogP contribution in [0, 0.1) is 5.82 Å². The molecule has 1 aromatic carbocycles. The summed E-state index contributed by atoms with van der Waals surface area (Å²) in [4.78, 5) is 15.5. The number of aromatic nitrogens is 1. The lowest BCUT2D eigenvalue weighted by atomic mass is 10.2. The van der Waals surface area contributed by atoms with E-state index in [1.54, 1.807) is 30.6 Å². The lowest BCUT2D eigenvalue weighted by molar-refractivity contribution is -0.119. The summed E-state index contributed by atoms with van der Waals surface area (Å²) in [6, 6.07) is 9.14. The number of rotatable bonds is 9. The van der Waals surface area contributed by atoms with Gasteiger partial charge in [-0.2, -0.15) is 4.31 Å². The minimum atomic E-state index is -3.70. The normalized spacial score (nSPS) is 16.9. The highest BCUT2D eigenvalue weighted by Gasteiger charge is 2.29. The Morgan fingerprint density at radius 1 is 1.25 bits per heavy atom. The quantitative estimate of drug-likeness (QED) is 0.684. The third-order valence-corrected chi connectivity index (χ3v) is 6.17. The van der Waals surface area contributed by atoms with Gasteiger partial charge in [-0.3, -0.25) is 9.78 Å². The van der Waals surface area contributed by atoms with Crippen molar-refractivity contribution in [2.45, 2.75) is 25.4 Å². The highest BCUT2D eigenvalue weighted by atomic mass is 32.2. The van der Waals surface area contributed by atoms with Crippen molar-refractivity contribution in [1.29, 1.82) is 0 Å². The zero-order chi connectivity index (χ0) is 20.0. The van der Waals surface area contributed by atoms with Crippen LogP contribution in [0.4, 0.5) is 4.39 Å². The van der Waals surface area contributed by atoms with Gasteiger partial charge in [0.15, 0.2) is 11.6 Å². The fourth-order valence-electron chi connectivity index (χ4n) is 2.98. The van der Waals surface area contributed by atoms with Gasteiger partial charge in [-0.15, -0.1) is 0 Å². The van der Waals surface area contributed by atoms with Crippen molar-refractivity contribution >= 4 is 15.9 Å². The van der Waals surface area contributed by atoms with Gasteiger partial charge in [-0.25, -0.2) is 12.8 Å². The second-order valence-corrected chi connectivity index (χ2v) is 8.64. The van der Waals surface area contributed by atoms with Gasteiger partial charge in [0.25, 0.3) is 0 Å². The molecule has 1 amide bonds. The summed E-state index contributed by atoms with van der Waals surface area (Å²) in [7, 11) is -3.70. The van der Waals surface area contributed by atoms with E-state index in [1.165, 1.54) is 22.5 Å². The predicted octanol–water partition coefficient (Wildman–Crippen LogP) is 1.71. The van der Waals surface area contributed by atoms with Crippen LogP contribution in [0.3, 0.4) is 0 Å². The standard InChI is InChI=1S/C19H22FN3O4S/c20-17-5-1-2-6-18(17)27-10-11-28(25,26)23(13-15-4-3-9-21-12-15)14-16-7-8-19(24)22-16/h1-6,9,12,16H,7-8,10-11,13-14H2,(H,22,24)/t16-/m0/s1. The van der Waals surface area contributed by atoms with E-state index in [4.69, 9.17) is 4.74 Å². The van der Waals surface area contributed by atoms with E-state index < -0.39 is 15.8 Å². The Bertz CT molecular complexity index is 908.